The van der Waals surface area contributed by atoms with Crippen LogP contribution in [0.4, 0.5) is 0 Å². The first-order chi connectivity index (χ1) is 13.6. The van der Waals surface area contributed by atoms with E-state index >= 15 is 0 Å². The number of halogens is 1. The summed E-state index contributed by atoms with van der Waals surface area (Å²) in [5.74, 6) is -0.283. The minimum absolute atomic E-state index is 0.261. The Hall–Kier alpha value is -3.03. The first kappa shape index (κ1) is 18.3. The highest BCUT2D eigenvalue weighted by atomic mass is 35.5. The van der Waals surface area contributed by atoms with Gasteiger partial charge in [-0.25, -0.2) is 4.98 Å². The van der Waals surface area contributed by atoms with Crippen molar-refractivity contribution >= 4 is 28.8 Å². The Morgan fingerprint density at radius 1 is 1.14 bits per heavy atom. The van der Waals surface area contributed by atoms with E-state index in [-0.39, 0.29) is 11.6 Å². The van der Waals surface area contributed by atoms with E-state index < -0.39 is 0 Å². The van der Waals surface area contributed by atoms with Crippen molar-refractivity contribution < 1.29 is 4.79 Å². The van der Waals surface area contributed by atoms with Gasteiger partial charge in [-0.1, -0.05) is 48.0 Å². The van der Waals surface area contributed by atoms with Gasteiger partial charge in [-0.3, -0.25) is 4.79 Å². The molecule has 4 rings (SSSR count). The molecule has 0 fully saturated rings. The molecule has 0 bridgehead atoms. The predicted octanol–water partition coefficient (Wildman–Crippen LogP) is 4.28. The van der Waals surface area contributed by atoms with Gasteiger partial charge in [0.15, 0.2) is 5.69 Å². The van der Waals surface area contributed by atoms with Gasteiger partial charge in [-0.2, -0.15) is 9.90 Å². The molecule has 0 atom stereocenters. The summed E-state index contributed by atoms with van der Waals surface area (Å²) in [6, 6.07) is 17.0. The number of rotatable bonds is 5. The van der Waals surface area contributed by atoms with Crippen LogP contribution in [0.1, 0.15) is 21.1 Å². The summed E-state index contributed by atoms with van der Waals surface area (Å²) < 4.78 is 0. The molecule has 140 valence electrons. The summed E-state index contributed by atoms with van der Waals surface area (Å²) in [7, 11) is 0. The quantitative estimate of drug-likeness (QED) is 0.534. The standard InChI is InChI=1S/C20H16ClN5OS/c1-13-18(28-20(24-13)15-9-5-6-10-16(15)21)12-22-19(27)17-11-23-26(25-17)14-7-3-2-4-8-14/h2-11H,12H2,1H3,(H,22,27). The number of thiazole rings is 1. The van der Waals surface area contributed by atoms with Crippen LogP contribution in [0.2, 0.25) is 5.02 Å². The lowest BCUT2D eigenvalue weighted by Crippen LogP contribution is -2.23. The Morgan fingerprint density at radius 3 is 2.68 bits per heavy atom. The number of para-hydroxylation sites is 1. The molecule has 28 heavy (non-hydrogen) atoms. The first-order valence-electron chi connectivity index (χ1n) is 8.59. The van der Waals surface area contributed by atoms with Gasteiger partial charge in [0, 0.05) is 10.4 Å². The van der Waals surface area contributed by atoms with E-state index in [0.717, 1.165) is 26.8 Å². The third-order valence-electron chi connectivity index (χ3n) is 4.12. The van der Waals surface area contributed by atoms with Crippen molar-refractivity contribution in [3.63, 3.8) is 0 Å². The maximum atomic E-state index is 12.4. The maximum Gasteiger partial charge on any atom is 0.273 e. The fraction of sp³-hybridized carbons (Fsp3) is 0.100. The minimum atomic E-state index is -0.283. The van der Waals surface area contributed by atoms with Gasteiger partial charge >= 0.3 is 0 Å². The summed E-state index contributed by atoms with van der Waals surface area (Å²) in [6.07, 6.45) is 1.46. The molecule has 0 saturated carbocycles. The van der Waals surface area contributed by atoms with Crippen LogP contribution in [0.15, 0.2) is 60.8 Å². The smallest absolute Gasteiger partial charge is 0.273 e. The van der Waals surface area contributed by atoms with Crippen LogP contribution < -0.4 is 5.32 Å². The van der Waals surface area contributed by atoms with Gasteiger partial charge in [-0.15, -0.1) is 16.4 Å². The molecule has 4 aromatic rings. The second kappa shape index (κ2) is 7.92. The van der Waals surface area contributed by atoms with E-state index in [1.807, 2.05) is 61.5 Å². The number of aromatic nitrogens is 4. The molecule has 1 N–H and O–H groups in total. The van der Waals surface area contributed by atoms with E-state index in [9.17, 15) is 4.79 Å². The van der Waals surface area contributed by atoms with Crippen LogP contribution in [-0.4, -0.2) is 25.9 Å². The van der Waals surface area contributed by atoms with Gasteiger partial charge in [0.1, 0.15) is 5.01 Å². The number of hydrogen-bond acceptors (Lipinski definition) is 5. The van der Waals surface area contributed by atoms with Gasteiger partial charge < -0.3 is 5.32 Å². The second-order valence-electron chi connectivity index (χ2n) is 6.04. The average molecular weight is 410 g/mol. The molecule has 0 saturated heterocycles. The SMILES string of the molecule is Cc1nc(-c2ccccc2Cl)sc1CNC(=O)c1cnn(-c2ccccc2)n1. The zero-order chi connectivity index (χ0) is 19.5. The largest absolute Gasteiger partial charge is 0.346 e. The zero-order valence-electron chi connectivity index (χ0n) is 15.0. The van der Waals surface area contributed by atoms with E-state index in [2.05, 4.69) is 20.5 Å². The third kappa shape index (κ3) is 3.81. The molecule has 0 radical (unpaired) electrons. The monoisotopic (exact) mass is 409 g/mol. The van der Waals surface area contributed by atoms with Gasteiger partial charge in [-0.05, 0) is 25.1 Å². The summed E-state index contributed by atoms with van der Waals surface area (Å²) in [5.41, 5.74) is 2.82. The normalized spacial score (nSPS) is 10.8. The summed E-state index contributed by atoms with van der Waals surface area (Å²) in [5, 5.41) is 12.8. The number of carbonyl (C=O) groups is 1. The van der Waals surface area contributed by atoms with Gasteiger partial charge in [0.2, 0.25) is 0 Å². The molecular formula is C20H16ClN5OS. The number of benzene rings is 2. The highest BCUT2D eigenvalue weighted by Gasteiger charge is 2.15. The molecule has 0 spiro atoms. The molecule has 1 amide bonds. The van der Waals surface area contributed by atoms with Gasteiger partial charge in [0.25, 0.3) is 5.91 Å². The average Bonchev–Trinajstić information content (AvgIpc) is 3.34. The fourth-order valence-electron chi connectivity index (χ4n) is 2.65. The maximum absolute atomic E-state index is 12.4. The van der Waals surface area contributed by atoms with Crippen LogP contribution in [0.25, 0.3) is 16.3 Å². The summed E-state index contributed by atoms with van der Waals surface area (Å²) >= 11 is 7.77. The van der Waals surface area contributed by atoms with E-state index in [1.165, 1.54) is 22.3 Å². The Balaban J connectivity index is 1.46. The Morgan fingerprint density at radius 2 is 1.89 bits per heavy atom. The first-order valence-corrected chi connectivity index (χ1v) is 9.78. The number of aryl methyl sites for hydroxylation is 1. The molecule has 2 aromatic heterocycles. The van der Waals surface area contributed by atoms with E-state index in [1.54, 1.807) is 0 Å². The number of nitrogens with zero attached hydrogens (tertiary/aromatic N) is 4. The van der Waals surface area contributed by atoms with Crippen molar-refractivity contribution in [3.05, 3.63) is 82.1 Å². The molecule has 6 nitrogen and oxygen atoms in total. The van der Waals surface area contributed by atoms with Crippen molar-refractivity contribution in [1.82, 2.24) is 25.3 Å². The van der Waals surface area contributed by atoms with Crippen molar-refractivity contribution in [2.75, 3.05) is 0 Å². The minimum Gasteiger partial charge on any atom is -0.346 e. The molecule has 8 heteroatoms. The molecule has 2 heterocycles. The Kier molecular flexibility index (Phi) is 5.18. The fourth-order valence-corrected chi connectivity index (χ4v) is 3.97. The van der Waals surface area contributed by atoms with Crippen molar-refractivity contribution in [2.45, 2.75) is 13.5 Å². The van der Waals surface area contributed by atoms with Crippen molar-refractivity contribution in [2.24, 2.45) is 0 Å². The number of hydrogen-bond donors (Lipinski definition) is 1. The van der Waals surface area contributed by atoms with Crippen LogP contribution in [0.5, 0.6) is 0 Å². The van der Waals surface area contributed by atoms with E-state index in [4.69, 9.17) is 11.6 Å². The Bertz CT molecular complexity index is 1120. The number of nitrogens with one attached hydrogen (secondary N) is 1. The van der Waals surface area contributed by atoms with Crippen LogP contribution in [-0.2, 0) is 6.54 Å². The highest BCUT2D eigenvalue weighted by Crippen LogP contribution is 2.32. The lowest BCUT2D eigenvalue weighted by molar-refractivity contribution is 0.0946. The van der Waals surface area contributed by atoms with Gasteiger partial charge in [0.05, 0.1) is 29.1 Å². The molecule has 2 aromatic carbocycles. The summed E-state index contributed by atoms with van der Waals surface area (Å²) in [6.45, 7) is 2.29. The predicted molar refractivity (Wildman–Crippen MR) is 110 cm³/mol. The number of amides is 1. The lowest BCUT2D eigenvalue weighted by Gasteiger charge is -2.01. The van der Waals surface area contributed by atoms with Crippen LogP contribution in [0, 0.1) is 6.92 Å². The molecule has 0 aliphatic carbocycles. The second-order valence-corrected chi connectivity index (χ2v) is 7.54. The van der Waals surface area contributed by atoms with Crippen LogP contribution in [0.3, 0.4) is 0 Å². The van der Waals surface area contributed by atoms with Crippen molar-refractivity contribution in [1.29, 1.82) is 0 Å². The summed E-state index contributed by atoms with van der Waals surface area (Å²) in [4.78, 5) is 19.4. The number of carbonyl (C=O) groups excluding carboxylic acids is 1. The van der Waals surface area contributed by atoms with Crippen LogP contribution >= 0.6 is 22.9 Å². The molecule has 0 aliphatic rings. The van der Waals surface area contributed by atoms with Crippen molar-refractivity contribution in [3.8, 4) is 16.3 Å². The lowest BCUT2D eigenvalue weighted by atomic mass is 10.2. The zero-order valence-corrected chi connectivity index (χ0v) is 16.5. The van der Waals surface area contributed by atoms with E-state index in [0.29, 0.717) is 11.6 Å². The molecule has 0 unspecified atom stereocenters. The molecule has 0 aliphatic heterocycles. The topological polar surface area (TPSA) is 72.7 Å². The highest BCUT2D eigenvalue weighted by molar-refractivity contribution is 7.15. The Labute approximate surface area is 170 Å². The molecular weight excluding hydrogens is 394 g/mol. The third-order valence-corrected chi connectivity index (χ3v) is 5.64.